The van der Waals surface area contributed by atoms with Gasteiger partial charge in [0.25, 0.3) is 0 Å². The minimum absolute atomic E-state index is 0.0929. The Morgan fingerprint density at radius 3 is 2.13 bits per heavy atom. The summed E-state index contributed by atoms with van der Waals surface area (Å²) < 4.78 is 46.3. The van der Waals surface area contributed by atoms with Gasteiger partial charge in [-0.15, -0.1) is 0 Å². The number of carbonyl (C=O) groups is 1. The van der Waals surface area contributed by atoms with Crippen molar-refractivity contribution in [1.29, 1.82) is 0 Å². The zero-order chi connectivity index (χ0) is 33.0. The highest BCUT2D eigenvalue weighted by atomic mass is 32.2. The fraction of sp³-hybridized carbons (Fsp3) is 0.457. The number of methoxy groups -OCH3 is 1. The summed E-state index contributed by atoms with van der Waals surface area (Å²) in [4.78, 5) is 12.7. The molecule has 0 bridgehead atoms. The molecule has 3 rings (SSSR count). The van der Waals surface area contributed by atoms with Crippen molar-refractivity contribution < 1.29 is 32.5 Å². The van der Waals surface area contributed by atoms with Crippen LogP contribution in [0.15, 0.2) is 72.8 Å². The van der Waals surface area contributed by atoms with Gasteiger partial charge in [-0.3, -0.25) is 4.72 Å². The third-order valence-corrected chi connectivity index (χ3v) is 8.72. The number of nitrogens with one attached hydrogen (secondary N) is 2. The van der Waals surface area contributed by atoms with Gasteiger partial charge in [0.1, 0.15) is 30.3 Å². The maximum atomic E-state index is 13.4. The third kappa shape index (κ3) is 12.3. The van der Waals surface area contributed by atoms with E-state index >= 15 is 0 Å². The molecule has 0 saturated heterocycles. The summed E-state index contributed by atoms with van der Waals surface area (Å²) in [5, 5.41) is 13.9. The molecule has 45 heavy (non-hydrogen) atoms. The molecular formula is C35H48N2O7S. The highest BCUT2D eigenvalue weighted by Gasteiger charge is 2.30. The molecule has 0 aliphatic heterocycles. The topological polar surface area (TPSA) is 123 Å². The molecule has 0 fully saturated rings. The van der Waals surface area contributed by atoms with E-state index in [0.29, 0.717) is 36.1 Å². The largest absolute Gasteiger partial charge is 0.497 e. The molecule has 9 nitrogen and oxygen atoms in total. The van der Waals surface area contributed by atoms with Crippen LogP contribution in [0.2, 0.25) is 0 Å². The van der Waals surface area contributed by atoms with E-state index in [2.05, 4.69) is 23.9 Å². The van der Waals surface area contributed by atoms with E-state index in [0.717, 1.165) is 29.5 Å². The summed E-state index contributed by atoms with van der Waals surface area (Å²) in [5.74, 6) is 0.991. The van der Waals surface area contributed by atoms with Gasteiger partial charge in [-0.25, -0.2) is 13.2 Å². The number of ether oxygens (including phenoxy) is 3. The molecule has 0 unspecified atom stereocenters. The maximum Gasteiger partial charge on any atom is 0.407 e. The van der Waals surface area contributed by atoms with Crippen molar-refractivity contribution in [2.75, 3.05) is 17.6 Å². The smallest absolute Gasteiger partial charge is 0.407 e. The number of aliphatic hydroxyl groups excluding tert-OH is 1. The van der Waals surface area contributed by atoms with Crippen LogP contribution in [0.3, 0.4) is 0 Å². The van der Waals surface area contributed by atoms with E-state index in [9.17, 15) is 18.3 Å². The number of hydrogen-bond acceptors (Lipinski definition) is 7. The van der Waals surface area contributed by atoms with Crippen LogP contribution in [0.1, 0.15) is 64.2 Å². The predicted octanol–water partition coefficient (Wildman–Crippen LogP) is 6.49. The minimum Gasteiger partial charge on any atom is -0.497 e. The molecule has 3 aromatic carbocycles. The lowest BCUT2D eigenvalue weighted by Gasteiger charge is -2.27. The van der Waals surface area contributed by atoms with Gasteiger partial charge >= 0.3 is 6.09 Å². The second-order valence-electron chi connectivity index (χ2n) is 12.3. The van der Waals surface area contributed by atoms with E-state index < -0.39 is 39.6 Å². The number of benzene rings is 3. The van der Waals surface area contributed by atoms with Crippen molar-refractivity contribution >= 4 is 21.8 Å². The quantitative estimate of drug-likeness (QED) is 0.164. The number of anilines is 1. The van der Waals surface area contributed by atoms with Crippen LogP contribution in [-0.2, 0) is 34.2 Å². The van der Waals surface area contributed by atoms with Crippen LogP contribution in [0, 0.1) is 5.92 Å². The van der Waals surface area contributed by atoms with Crippen LogP contribution >= 0.6 is 0 Å². The lowest BCUT2D eigenvalue weighted by atomic mass is 9.93. The summed E-state index contributed by atoms with van der Waals surface area (Å²) >= 11 is 0. The highest BCUT2D eigenvalue weighted by Crippen LogP contribution is 2.28. The van der Waals surface area contributed by atoms with Gasteiger partial charge in [-0.2, -0.15) is 0 Å². The average molecular weight is 641 g/mol. The van der Waals surface area contributed by atoms with Crippen molar-refractivity contribution in [3.63, 3.8) is 0 Å². The van der Waals surface area contributed by atoms with Crippen molar-refractivity contribution in [3.8, 4) is 11.5 Å². The second kappa shape index (κ2) is 16.5. The Morgan fingerprint density at radius 1 is 0.889 bits per heavy atom. The van der Waals surface area contributed by atoms with Crippen LogP contribution in [0.4, 0.5) is 10.5 Å². The molecule has 3 aromatic rings. The molecule has 0 aliphatic carbocycles. The minimum atomic E-state index is -4.05. The van der Waals surface area contributed by atoms with Crippen molar-refractivity contribution in [1.82, 2.24) is 5.32 Å². The number of alkyl carbamates (subject to hydrolysis) is 1. The average Bonchev–Trinajstić information content (AvgIpc) is 2.99. The summed E-state index contributed by atoms with van der Waals surface area (Å²) in [7, 11) is -2.48. The lowest BCUT2D eigenvalue weighted by Crippen LogP contribution is -2.46. The Morgan fingerprint density at radius 2 is 1.53 bits per heavy atom. The Labute approximate surface area is 268 Å². The van der Waals surface area contributed by atoms with E-state index in [1.54, 1.807) is 64.3 Å². The van der Waals surface area contributed by atoms with Gasteiger partial charge < -0.3 is 24.6 Å². The first-order valence-corrected chi connectivity index (χ1v) is 17.1. The standard InChI is InChI=1S/C35H48N2O7S/c1-7-25(8-2)20-28-22-30(42-6)18-19-31(28)37-45(40,41)24-32(38)33(44-34(39)36-35(3,4)5)21-26-14-16-29(17-15-26)43-23-27-12-10-9-11-13-27/h9-19,22,25,32-33,37-38H,7-8,20-21,23-24H2,1-6H3,(H,36,39)/t32-,33-/m0/s1. The van der Waals surface area contributed by atoms with Crippen LogP contribution in [0.5, 0.6) is 11.5 Å². The summed E-state index contributed by atoms with van der Waals surface area (Å²) in [6, 6.07) is 22.2. The summed E-state index contributed by atoms with van der Waals surface area (Å²) in [6.07, 6.45) is -0.725. The van der Waals surface area contributed by atoms with E-state index in [1.165, 1.54) is 0 Å². The number of carbonyl (C=O) groups excluding carboxylic acids is 1. The Bertz CT molecular complexity index is 1450. The van der Waals surface area contributed by atoms with Crippen molar-refractivity contribution in [2.45, 2.75) is 84.7 Å². The molecule has 0 aromatic heterocycles. The zero-order valence-electron chi connectivity index (χ0n) is 27.2. The lowest BCUT2D eigenvalue weighted by molar-refractivity contribution is 0.0114. The molecule has 0 saturated carbocycles. The van der Waals surface area contributed by atoms with Gasteiger partial charge in [-0.1, -0.05) is 69.2 Å². The SMILES string of the molecule is CCC(CC)Cc1cc(OC)ccc1NS(=O)(=O)C[C@H](O)[C@H](Cc1ccc(OCc2ccccc2)cc1)OC(=O)NC(C)(C)C. The molecule has 1 amide bonds. The van der Waals surface area contributed by atoms with Crippen LogP contribution < -0.4 is 19.5 Å². The van der Waals surface area contributed by atoms with Gasteiger partial charge in [0.15, 0.2) is 0 Å². The van der Waals surface area contributed by atoms with Gasteiger partial charge in [0.05, 0.1) is 18.6 Å². The van der Waals surface area contributed by atoms with Crippen molar-refractivity contribution in [2.24, 2.45) is 5.92 Å². The summed E-state index contributed by atoms with van der Waals surface area (Å²) in [6.45, 7) is 10.0. The maximum absolute atomic E-state index is 13.4. The number of rotatable bonds is 16. The predicted molar refractivity (Wildman–Crippen MR) is 178 cm³/mol. The van der Waals surface area contributed by atoms with Gasteiger partial charge in [0, 0.05) is 12.0 Å². The number of amides is 1. The fourth-order valence-electron chi connectivity index (χ4n) is 4.82. The normalized spacial score (nSPS) is 13.2. The third-order valence-electron chi connectivity index (χ3n) is 7.40. The first-order valence-electron chi connectivity index (χ1n) is 15.4. The molecule has 10 heteroatoms. The molecule has 0 heterocycles. The first kappa shape index (κ1) is 35.7. The molecule has 2 atom stereocenters. The van der Waals surface area contributed by atoms with E-state index in [-0.39, 0.29) is 6.42 Å². The first-order chi connectivity index (χ1) is 21.3. The van der Waals surface area contributed by atoms with Gasteiger partial charge in [-0.05, 0) is 80.1 Å². The monoisotopic (exact) mass is 640 g/mol. The Hall–Kier alpha value is -3.76. The molecule has 0 spiro atoms. The second-order valence-corrected chi connectivity index (χ2v) is 14.1. The molecular weight excluding hydrogens is 592 g/mol. The zero-order valence-corrected chi connectivity index (χ0v) is 28.0. The fourth-order valence-corrected chi connectivity index (χ4v) is 6.10. The molecule has 0 radical (unpaired) electrons. The molecule has 3 N–H and O–H groups in total. The summed E-state index contributed by atoms with van der Waals surface area (Å²) in [5.41, 5.74) is 2.44. The number of sulfonamides is 1. The molecule has 246 valence electrons. The van der Waals surface area contributed by atoms with Crippen molar-refractivity contribution in [3.05, 3.63) is 89.5 Å². The number of aliphatic hydroxyl groups is 1. The Kier molecular flexibility index (Phi) is 13.1. The number of hydrogen-bond donors (Lipinski definition) is 3. The van der Waals surface area contributed by atoms with Crippen LogP contribution in [-0.4, -0.2) is 50.2 Å². The highest BCUT2D eigenvalue weighted by molar-refractivity contribution is 7.92. The Balaban J connectivity index is 1.76. The van der Waals surface area contributed by atoms with Crippen LogP contribution in [0.25, 0.3) is 0 Å². The molecule has 0 aliphatic rings. The van der Waals surface area contributed by atoms with Gasteiger partial charge in [0.2, 0.25) is 10.0 Å². The van der Waals surface area contributed by atoms with E-state index in [4.69, 9.17) is 14.2 Å². The van der Waals surface area contributed by atoms with E-state index in [1.807, 2.05) is 36.4 Å².